The summed E-state index contributed by atoms with van der Waals surface area (Å²) in [6, 6.07) is 0.412. The zero-order valence-corrected chi connectivity index (χ0v) is 22.9. The van der Waals surface area contributed by atoms with Crippen molar-refractivity contribution in [2.45, 2.75) is 39.0 Å². The summed E-state index contributed by atoms with van der Waals surface area (Å²) in [5, 5.41) is 8.63. The Balaban J connectivity index is 1.75. The number of amides is 1. The van der Waals surface area contributed by atoms with Crippen LogP contribution in [0, 0.1) is 0 Å². The number of ether oxygens (including phenoxy) is 4. The third kappa shape index (κ3) is 9.87. The van der Waals surface area contributed by atoms with Gasteiger partial charge in [0.2, 0.25) is 0 Å². The van der Waals surface area contributed by atoms with Crippen molar-refractivity contribution in [3.8, 4) is 0 Å². The first-order chi connectivity index (χ1) is 16.7. The number of hydrogen-bond donors (Lipinski definition) is 1. The SMILES string of the molecule is CC1CN(C(C)C)CC(COP(=O)(N(C)C)N2CCN(C(=O)OCCOCCOCCO)CC2)O1. The molecular formula is C22H45N4O8P. The number of piperazine rings is 1. The minimum absolute atomic E-state index is 0.0216. The molecule has 0 bridgehead atoms. The van der Waals surface area contributed by atoms with Gasteiger partial charge in [0.25, 0.3) is 0 Å². The number of rotatable bonds is 14. The fourth-order valence-corrected chi connectivity index (χ4v) is 5.97. The van der Waals surface area contributed by atoms with Crippen LogP contribution >= 0.6 is 7.67 Å². The van der Waals surface area contributed by atoms with Crippen molar-refractivity contribution < 1.29 is 37.9 Å². The number of carbonyl (C=O) groups is 1. The smallest absolute Gasteiger partial charge is 0.409 e. The van der Waals surface area contributed by atoms with E-state index in [1.54, 1.807) is 23.7 Å². The summed E-state index contributed by atoms with van der Waals surface area (Å²) in [6.45, 7) is 11.3. The monoisotopic (exact) mass is 524 g/mol. The molecule has 206 valence electrons. The second-order valence-corrected chi connectivity index (χ2v) is 11.9. The first-order valence-electron chi connectivity index (χ1n) is 12.4. The molecule has 35 heavy (non-hydrogen) atoms. The van der Waals surface area contributed by atoms with Gasteiger partial charge < -0.3 is 33.5 Å². The molecule has 0 aliphatic carbocycles. The van der Waals surface area contributed by atoms with E-state index in [-0.39, 0.29) is 45.2 Å². The van der Waals surface area contributed by atoms with Crippen molar-refractivity contribution in [2.24, 2.45) is 0 Å². The third-order valence-electron chi connectivity index (χ3n) is 5.95. The summed E-state index contributed by atoms with van der Waals surface area (Å²) >= 11 is 0. The number of carbonyl (C=O) groups excluding carboxylic acids is 1. The maximum Gasteiger partial charge on any atom is 0.409 e. The summed E-state index contributed by atoms with van der Waals surface area (Å²) < 4.78 is 45.0. The van der Waals surface area contributed by atoms with Crippen LogP contribution in [-0.2, 0) is 28.0 Å². The molecule has 0 radical (unpaired) electrons. The lowest BCUT2D eigenvalue weighted by atomic mass is 10.2. The number of aliphatic hydroxyl groups excluding tert-OH is 1. The predicted molar refractivity (Wildman–Crippen MR) is 132 cm³/mol. The molecule has 12 nitrogen and oxygen atoms in total. The van der Waals surface area contributed by atoms with Gasteiger partial charge in [-0.15, -0.1) is 0 Å². The molecular weight excluding hydrogens is 479 g/mol. The molecule has 0 spiro atoms. The molecule has 3 atom stereocenters. The van der Waals surface area contributed by atoms with Crippen molar-refractivity contribution >= 4 is 13.8 Å². The fourth-order valence-electron chi connectivity index (χ4n) is 4.02. The molecule has 0 aromatic heterocycles. The molecule has 0 aromatic carbocycles. The molecule has 2 aliphatic heterocycles. The van der Waals surface area contributed by atoms with Gasteiger partial charge >= 0.3 is 13.8 Å². The van der Waals surface area contributed by atoms with Crippen LogP contribution in [0.1, 0.15) is 20.8 Å². The Bertz CT molecular complexity index is 663. The highest BCUT2D eigenvalue weighted by atomic mass is 31.2. The van der Waals surface area contributed by atoms with Gasteiger partial charge in [-0.05, 0) is 34.9 Å². The Labute approximate surface area is 209 Å². The molecule has 1 N–H and O–H groups in total. The zero-order chi connectivity index (χ0) is 25.8. The maximum atomic E-state index is 13.8. The van der Waals surface area contributed by atoms with Crippen molar-refractivity contribution in [3.05, 3.63) is 0 Å². The molecule has 2 aliphatic rings. The summed E-state index contributed by atoms with van der Waals surface area (Å²) in [5.74, 6) is 0. The van der Waals surface area contributed by atoms with Gasteiger partial charge in [0, 0.05) is 45.3 Å². The van der Waals surface area contributed by atoms with E-state index >= 15 is 0 Å². The Morgan fingerprint density at radius 1 is 1.06 bits per heavy atom. The highest BCUT2D eigenvalue weighted by molar-refractivity contribution is 7.53. The summed E-state index contributed by atoms with van der Waals surface area (Å²) in [4.78, 5) is 16.3. The van der Waals surface area contributed by atoms with Gasteiger partial charge in [-0.25, -0.2) is 14.1 Å². The third-order valence-corrected chi connectivity index (χ3v) is 8.56. The largest absolute Gasteiger partial charge is 0.447 e. The standard InChI is InChI=1S/C22H45N4O8P/c1-19(2)25-16-20(3)34-21(17-25)18-33-35(29,23(4)5)26-8-6-24(7-9-26)22(28)32-15-14-31-13-12-30-11-10-27/h19-21,27H,6-18H2,1-5H3. The molecule has 3 unspecified atom stereocenters. The fraction of sp³-hybridized carbons (Fsp3) is 0.955. The molecule has 2 fully saturated rings. The van der Waals surface area contributed by atoms with E-state index in [2.05, 4.69) is 18.7 Å². The van der Waals surface area contributed by atoms with Crippen molar-refractivity contribution in [3.63, 3.8) is 0 Å². The van der Waals surface area contributed by atoms with E-state index in [4.69, 9.17) is 28.6 Å². The minimum Gasteiger partial charge on any atom is -0.447 e. The van der Waals surface area contributed by atoms with Crippen molar-refractivity contribution in [1.29, 1.82) is 0 Å². The van der Waals surface area contributed by atoms with Crippen LogP contribution in [0.15, 0.2) is 0 Å². The predicted octanol–water partition coefficient (Wildman–Crippen LogP) is 0.950. The van der Waals surface area contributed by atoms with Crippen molar-refractivity contribution in [1.82, 2.24) is 19.1 Å². The Morgan fingerprint density at radius 2 is 1.69 bits per heavy atom. The lowest BCUT2D eigenvalue weighted by molar-refractivity contribution is -0.0999. The summed E-state index contributed by atoms with van der Waals surface area (Å²) in [7, 11) is 0.249. The van der Waals surface area contributed by atoms with E-state index in [0.29, 0.717) is 45.4 Å². The average molecular weight is 525 g/mol. The highest BCUT2D eigenvalue weighted by Crippen LogP contribution is 2.53. The quantitative estimate of drug-likeness (QED) is 0.259. The van der Waals surface area contributed by atoms with E-state index in [9.17, 15) is 9.36 Å². The number of morpholine rings is 1. The average Bonchev–Trinajstić information content (AvgIpc) is 2.83. The first-order valence-corrected chi connectivity index (χ1v) is 14.0. The molecule has 0 saturated carbocycles. The van der Waals surface area contributed by atoms with E-state index in [1.807, 2.05) is 11.6 Å². The lowest BCUT2D eigenvalue weighted by Crippen LogP contribution is -2.51. The van der Waals surface area contributed by atoms with Crippen LogP contribution < -0.4 is 0 Å². The maximum absolute atomic E-state index is 13.8. The molecule has 13 heteroatoms. The van der Waals surface area contributed by atoms with Gasteiger partial charge in [0.15, 0.2) is 0 Å². The van der Waals surface area contributed by atoms with Gasteiger partial charge in [-0.3, -0.25) is 9.46 Å². The lowest BCUT2D eigenvalue weighted by Gasteiger charge is -2.42. The van der Waals surface area contributed by atoms with Crippen LogP contribution in [-0.4, -0.2) is 148 Å². The van der Waals surface area contributed by atoms with Crippen LogP contribution in [0.3, 0.4) is 0 Å². The zero-order valence-electron chi connectivity index (χ0n) is 22.0. The van der Waals surface area contributed by atoms with Crippen LogP contribution in [0.2, 0.25) is 0 Å². The molecule has 2 heterocycles. The Kier molecular flexibility index (Phi) is 13.4. The Morgan fingerprint density at radius 3 is 2.29 bits per heavy atom. The summed E-state index contributed by atoms with van der Waals surface area (Å²) in [5.41, 5.74) is 0. The van der Waals surface area contributed by atoms with E-state index in [1.165, 1.54) is 0 Å². The second-order valence-electron chi connectivity index (χ2n) is 9.25. The highest BCUT2D eigenvalue weighted by Gasteiger charge is 2.39. The number of nitrogens with zero attached hydrogens (tertiary/aromatic N) is 4. The van der Waals surface area contributed by atoms with E-state index < -0.39 is 13.8 Å². The Hall–Kier alpha value is -0.820. The second kappa shape index (κ2) is 15.4. The van der Waals surface area contributed by atoms with Crippen LogP contribution in [0.25, 0.3) is 0 Å². The van der Waals surface area contributed by atoms with Crippen LogP contribution in [0.5, 0.6) is 0 Å². The van der Waals surface area contributed by atoms with Gasteiger partial charge in [-0.2, -0.15) is 0 Å². The minimum atomic E-state index is -3.25. The molecule has 1 amide bonds. The van der Waals surface area contributed by atoms with Gasteiger partial charge in [-0.1, -0.05) is 0 Å². The number of hydrogen-bond acceptors (Lipinski definition) is 9. The molecule has 2 rings (SSSR count). The van der Waals surface area contributed by atoms with E-state index in [0.717, 1.165) is 13.1 Å². The first kappa shape index (κ1) is 30.4. The van der Waals surface area contributed by atoms with Gasteiger partial charge in [0.05, 0.1) is 51.8 Å². The topological polar surface area (TPSA) is 113 Å². The normalized spacial score (nSPS) is 24.2. The number of aliphatic hydroxyl groups is 1. The molecule has 0 aromatic rings. The molecule has 2 saturated heterocycles. The van der Waals surface area contributed by atoms with Crippen molar-refractivity contribution in [2.75, 3.05) is 99.6 Å². The summed E-state index contributed by atoms with van der Waals surface area (Å²) in [6.07, 6.45) is -0.462. The van der Waals surface area contributed by atoms with Gasteiger partial charge in [0.1, 0.15) is 6.61 Å². The van der Waals surface area contributed by atoms with Crippen LogP contribution in [0.4, 0.5) is 4.79 Å².